The van der Waals surface area contributed by atoms with E-state index in [9.17, 15) is 14.4 Å². The average Bonchev–Trinajstić information content (AvgIpc) is 3.19. The lowest BCUT2D eigenvalue weighted by Crippen LogP contribution is -2.53. The molecule has 2 aliphatic rings. The first kappa shape index (κ1) is 20.7. The van der Waals surface area contributed by atoms with Crippen LogP contribution in [-0.4, -0.2) is 46.8 Å². The number of imide groups is 1. The molecule has 0 aliphatic carbocycles. The molecule has 3 rings (SSSR count). The normalized spacial score (nSPS) is 21.1. The lowest BCUT2D eigenvalue weighted by atomic mass is 10.0. The van der Waals surface area contributed by atoms with Gasteiger partial charge in [0.25, 0.3) is 11.1 Å². The van der Waals surface area contributed by atoms with Gasteiger partial charge in [0, 0.05) is 23.7 Å². The number of rotatable bonds is 3. The van der Waals surface area contributed by atoms with Crippen molar-refractivity contribution in [2.75, 3.05) is 13.1 Å². The Balaban J connectivity index is 1.91. The van der Waals surface area contributed by atoms with E-state index in [1.54, 1.807) is 23.1 Å². The summed E-state index contributed by atoms with van der Waals surface area (Å²) in [7, 11) is 0. The first-order valence-electron chi connectivity index (χ1n) is 8.92. The highest BCUT2D eigenvalue weighted by molar-refractivity contribution is 8.18. The standard InChI is InChI=1S/C19H22ClN3O4S/c1-19(2,3)23(12-7-8-21-10-12)18(26)27-15-11(5-4-6-13(15)20)9-14-16(24)22-17(25)28-14/h4-6,9,12,21H,7-8,10H2,1-3H3,(H,22,24,25). The van der Waals surface area contributed by atoms with E-state index in [2.05, 4.69) is 10.6 Å². The highest BCUT2D eigenvalue weighted by atomic mass is 35.5. The van der Waals surface area contributed by atoms with Gasteiger partial charge in [0.2, 0.25) is 0 Å². The molecule has 3 amide bonds. The van der Waals surface area contributed by atoms with Gasteiger partial charge in [0.1, 0.15) is 0 Å². The Labute approximate surface area is 172 Å². The van der Waals surface area contributed by atoms with Crippen LogP contribution in [0, 0.1) is 0 Å². The maximum Gasteiger partial charge on any atom is 0.416 e. The summed E-state index contributed by atoms with van der Waals surface area (Å²) < 4.78 is 5.71. The third kappa shape index (κ3) is 4.51. The molecule has 0 aromatic heterocycles. The molecular weight excluding hydrogens is 402 g/mol. The van der Waals surface area contributed by atoms with Crippen molar-refractivity contribution in [3.8, 4) is 5.75 Å². The lowest BCUT2D eigenvalue weighted by molar-refractivity contribution is -0.115. The Morgan fingerprint density at radius 2 is 2.11 bits per heavy atom. The number of carbonyl (C=O) groups excluding carboxylic acids is 3. The number of hydrogen-bond acceptors (Lipinski definition) is 6. The largest absolute Gasteiger partial charge is 0.416 e. The molecule has 1 atom stereocenters. The zero-order valence-electron chi connectivity index (χ0n) is 15.9. The van der Waals surface area contributed by atoms with Crippen LogP contribution in [0.5, 0.6) is 5.75 Å². The van der Waals surface area contributed by atoms with Gasteiger partial charge < -0.3 is 10.1 Å². The van der Waals surface area contributed by atoms with Crippen molar-refractivity contribution >= 4 is 46.7 Å². The molecule has 2 fully saturated rings. The predicted octanol–water partition coefficient (Wildman–Crippen LogP) is 3.63. The Bertz CT molecular complexity index is 844. The molecule has 2 aliphatic heterocycles. The number of para-hydroxylation sites is 1. The third-order valence-electron chi connectivity index (χ3n) is 4.43. The molecule has 2 N–H and O–H groups in total. The Morgan fingerprint density at radius 1 is 1.36 bits per heavy atom. The van der Waals surface area contributed by atoms with E-state index >= 15 is 0 Å². The first-order chi connectivity index (χ1) is 13.2. The molecule has 150 valence electrons. The van der Waals surface area contributed by atoms with Crippen molar-refractivity contribution in [3.05, 3.63) is 33.7 Å². The number of halogens is 1. The van der Waals surface area contributed by atoms with Gasteiger partial charge in [0.05, 0.1) is 9.93 Å². The molecule has 1 unspecified atom stereocenters. The van der Waals surface area contributed by atoms with Crippen molar-refractivity contribution in [1.82, 2.24) is 15.5 Å². The molecule has 28 heavy (non-hydrogen) atoms. The Kier molecular flexibility index (Phi) is 6.02. The van der Waals surface area contributed by atoms with Gasteiger partial charge in [-0.05, 0) is 57.6 Å². The maximum atomic E-state index is 13.1. The third-order valence-corrected chi connectivity index (χ3v) is 5.54. The van der Waals surface area contributed by atoms with Crippen LogP contribution in [0.1, 0.15) is 32.8 Å². The molecule has 9 heteroatoms. The molecule has 1 aromatic carbocycles. The fraction of sp³-hybridized carbons (Fsp3) is 0.421. The molecule has 0 bridgehead atoms. The second-order valence-electron chi connectivity index (χ2n) is 7.57. The van der Waals surface area contributed by atoms with E-state index in [0.29, 0.717) is 12.1 Å². The van der Waals surface area contributed by atoms with Gasteiger partial charge in [-0.1, -0.05) is 23.7 Å². The van der Waals surface area contributed by atoms with Crippen molar-refractivity contribution in [3.63, 3.8) is 0 Å². The van der Waals surface area contributed by atoms with E-state index < -0.39 is 22.8 Å². The van der Waals surface area contributed by atoms with Gasteiger partial charge in [-0.25, -0.2) is 4.79 Å². The van der Waals surface area contributed by atoms with Crippen LogP contribution in [0.25, 0.3) is 6.08 Å². The Hall–Kier alpha value is -2.03. The summed E-state index contributed by atoms with van der Waals surface area (Å²) in [4.78, 5) is 38.2. The number of ether oxygens (including phenoxy) is 1. The number of amides is 3. The topological polar surface area (TPSA) is 87.7 Å². The van der Waals surface area contributed by atoms with Gasteiger partial charge >= 0.3 is 6.09 Å². The maximum absolute atomic E-state index is 13.1. The van der Waals surface area contributed by atoms with Crippen LogP contribution in [0.4, 0.5) is 9.59 Å². The second-order valence-corrected chi connectivity index (χ2v) is 8.99. The van der Waals surface area contributed by atoms with Crippen LogP contribution in [0.2, 0.25) is 5.02 Å². The number of nitrogens with one attached hydrogen (secondary N) is 2. The van der Waals surface area contributed by atoms with Crippen LogP contribution >= 0.6 is 23.4 Å². The summed E-state index contributed by atoms with van der Waals surface area (Å²) in [5, 5.41) is 5.26. The highest BCUT2D eigenvalue weighted by Gasteiger charge is 2.36. The lowest BCUT2D eigenvalue weighted by Gasteiger charge is -2.39. The molecule has 0 saturated carbocycles. The predicted molar refractivity (Wildman–Crippen MR) is 109 cm³/mol. The van der Waals surface area contributed by atoms with Crippen LogP contribution < -0.4 is 15.4 Å². The molecular formula is C19H22ClN3O4S. The highest BCUT2D eigenvalue weighted by Crippen LogP contribution is 2.35. The summed E-state index contributed by atoms with van der Waals surface area (Å²) in [5.41, 5.74) is 0.00737. The number of thioether (sulfide) groups is 1. The minimum atomic E-state index is -0.506. The van der Waals surface area contributed by atoms with Gasteiger partial charge in [-0.15, -0.1) is 0 Å². The van der Waals surface area contributed by atoms with Gasteiger partial charge in [-0.3, -0.25) is 19.8 Å². The molecule has 1 aromatic rings. The number of nitrogens with zero attached hydrogens (tertiary/aromatic N) is 1. The summed E-state index contributed by atoms with van der Waals surface area (Å²) in [6.45, 7) is 7.40. The quantitative estimate of drug-likeness (QED) is 0.722. The summed E-state index contributed by atoms with van der Waals surface area (Å²) in [5.74, 6) is -0.324. The minimum absolute atomic E-state index is 0.0191. The zero-order valence-corrected chi connectivity index (χ0v) is 17.4. The first-order valence-corrected chi connectivity index (χ1v) is 10.1. The number of carbonyl (C=O) groups is 3. The van der Waals surface area contributed by atoms with E-state index in [0.717, 1.165) is 24.7 Å². The molecule has 0 radical (unpaired) electrons. The van der Waals surface area contributed by atoms with Crippen LogP contribution in [0.3, 0.4) is 0 Å². The Morgan fingerprint density at radius 3 is 2.68 bits per heavy atom. The summed E-state index contributed by atoms with van der Waals surface area (Å²) in [6, 6.07) is 4.99. The fourth-order valence-electron chi connectivity index (χ4n) is 3.28. The molecule has 0 spiro atoms. The van der Waals surface area contributed by atoms with Crippen molar-refractivity contribution in [2.45, 2.75) is 38.8 Å². The minimum Gasteiger partial charge on any atom is -0.408 e. The SMILES string of the molecule is CC(C)(C)N(C(=O)Oc1c(Cl)cccc1C=C1SC(=O)NC1=O)C1CCNC1. The van der Waals surface area contributed by atoms with Crippen molar-refractivity contribution in [2.24, 2.45) is 0 Å². The van der Waals surface area contributed by atoms with Crippen molar-refractivity contribution in [1.29, 1.82) is 0 Å². The summed E-state index contributed by atoms with van der Waals surface area (Å²) in [6.07, 6.45) is 1.83. The van der Waals surface area contributed by atoms with E-state index in [4.69, 9.17) is 16.3 Å². The second kappa shape index (κ2) is 8.14. The molecule has 7 nitrogen and oxygen atoms in total. The van der Waals surface area contributed by atoms with Crippen LogP contribution in [0.15, 0.2) is 23.1 Å². The summed E-state index contributed by atoms with van der Waals surface area (Å²) >= 11 is 7.08. The number of hydrogen-bond donors (Lipinski definition) is 2. The van der Waals surface area contributed by atoms with Gasteiger partial charge in [0.15, 0.2) is 5.75 Å². The fourth-order valence-corrected chi connectivity index (χ4v) is 4.17. The molecule has 2 heterocycles. The monoisotopic (exact) mass is 423 g/mol. The average molecular weight is 424 g/mol. The van der Waals surface area contributed by atoms with E-state index in [-0.39, 0.29) is 21.7 Å². The molecule has 2 saturated heterocycles. The van der Waals surface area contributed by atoms with E-state index in [1.807, 2.05) is 20.8 Å². The van der Waals surface area contributed by atoms with Crippen molar-refractivity contribution < 1.29 is 19.1 Å². The smallest absolute Gasteiger partial charge is 0.408 e. The zero-order chi connectivity index (χ0) is 20.5. The van der Waals surface area contributed by atoms with E-state index in [1.165, 1.54) is 6.08 Å². The van der Waals surface area contributed by atoms with Gasteiger partial charge in [-0.2, -0.15) is 0 Å². The number of benzene rings is 1. The van der Waals surface area contributed by atoms with Crippen LogP contribution in [-0.2, 0) is 4.79 Å².